The number of likely N-dealkylation sites (N-methyl/N-ethyl adjacent to an activating group) is 1. The average molecular weight is 387 g/mol. The van der Waals surface area contributed by atoms with E-state index in [1.165, 1.54) is 12.1 Å². The number of ether oxygens (including phenoxy) is 2. The molecule has 0 aromatic heterocycles. The van der Waals surface area contributed by atoms with Crippen molar-refractivity contribution in [3.05, 3.63) is 58.9 Å². The molecule has 148 valence electrons. The minimum atomic E-state index is -0.404. The van der Waals surface area contributed by atoms with Crippen LogP contribution >= 0.6 is 0 Å². The van der Waals surface area contributed by atoms with E-state index in [1.807, 2.05) is 0 Å². The van der Waals surface area contributed by atoms with Crippen LogP contribution in [0, 0.1) is 5.82 Å². The van der Waals surface area contributed by atoms with E-state index < -0.39 is 6.03 Å². The largest absolute Gasteiger partial charge is 0.467 e. The molecule has 0 radical (unpaired) electrons. The molecule has 0 aliphatic carbocycles. The smallest absolute Gasteiger partial charge is 0.319 e. The lowest BCUT2D eigenvalue weighted by Crippen LogP contribution is -2.31. The molecule has 3 rings (SSSR count). The molecule has 1 aliphatic rings. The van der Waals surface area contributed by atoms with Gasteiger partial charge >= 0.3 is 6.03 Å². The first-order valence-electron chi connectivity index (χ1n) is 8.92. The van der Waals surface area contributed by atoms with Crippen molar-refractivity contribution >= 4 is 17.6 Å². The minimum absolute atomic E-state index is 0.127. The number of amides is 3. The van der Waals surface area contributed by atoms with Gasteiger partial charge in [0.2, 0.25) is 5.91 Å². The van der Waals surface area contributed by atoms with Gasteiger partial charge in [-0.15, -0.1) is 0 Å². The third-order valence-corrected chi connectivity index (χ3v) is 4.33. The fourth-order valence-electron chi connectivity index (χ4n) is 2.98. The monoisotopic (exact) mass is 387 g/mol. The van der Waals surface area contributed by atoms with Gasteiger partial charge in [-0.3, -0.25) is 4.79 Å². The lowest BCUT2D eigenvalue weighted by atomic mass is 10.1. The van der Waals surface area contributed by atoms with Gasteiger partial charge in [0.25, 0.3) is 0 Å². The van der Waals surface area contributed by atoms with Gasteiger partial charge in [0, 0.05) is 24.8 Å². The standard InChI is InChI=1S/C20H22FN3O4/c1-22-18(25)10-13-4-2-3-5-17(13)24-20(26)23-7-6-14-8-16(21)9-15-11-27-12-28-19(14)15/h2-5,8-9H,6-7,10-12H2,1H3,(H,22,25)(H2,23,24,26). The van der Waals surface area contributed by atoms with E-state index in [2.05, 4.69) is 16.0 Å². The Bertz CT molecular complexity index is 873. The molecule has 0 fully saturated rings. The first-order chi connectivity index (χ1) is 13.6. The summed E-state index contributed by atoms with van der Waals surface area (Å²) >= 11 is 0. The van der Waals surface area contributed by atoms with E-state index in [0.29, 0.717) is 47.7 Å². The normalized spacial score (nSPS) is 12.5. The zero-order valence-corrected chi connectivity index (χ0v) is 15.5. The SMILES string of the molecule is CNC(=O)Cc1ccccc1NC(=O)NCCc1cc(F)cc2c1OCOC2. The Hall–Kier alpha value is -3.13. The average Bonchev–Trinajstić information content (AvgIpc) is 2.69. The molecule has 28 heavy (non-hydrogen) atoms. The van der Waals surface area contributed by atoms with E-state index in [4.69, 9.17) is 9.47 Å². The number of nitrogens with one attached hydrogen (secondary N) is 3. The van der Waals surface area contributed by atoms with Crippen molar-refractivity contribution in [3.63, 3.8) is 0 Å². The Morgan fingerprint density at radius 3 is 2.82 bits per heavy atom. The quantitative estimate of drug-likeness (QED) is 0.710. The summed E-state index contributed by atoms with van der Waals surface area (Å²) in [6.07, 6.45) is 0.579. The Morgan fingerprint density at radius 2 is 2.00 bits per heavy atom. The van der Waals surface area contributed by atoms with Crippen LogP contribution in [0.5, 0.6) is 5.75 Å². The van der Waals surface area contributed by atoms with Gasteiger partial charge in [-0.25, -0.2) is 9.18 Å². The summed E-state index contributed by atoms with van der Waals surface area (Å²) in [6, 6.07) is 9.49. The Balaban J connectivity index is 1.58. The van der Waals surface area contributed by atoms with Crippen LogP contribution in [-0.2, 0) is 29.0 Å². The van der Waals surface area contributed by atoms with E-state index >= 15 is 0 Å². The van der Waals surface area contributed by atoms with Crippen LogP contribution in [0.1, 0.15) is 16.7 Å². The lowest BCUT2D eigenvalue weighted by molar-refractivity contribution is -0.119. The highest BCUT2D eigenvalue weighted by Crippen LogP contribution is 2.29. The summed E-state index contributed by atoms with van der Waals surface area (Å²) in [5.41, 5.74) is 2.62. The summed E-state index contributed by atoms with van der Waals surface area (Å²) in [7, 11) is 1.56. The lowest BCUT2D eigenvalue weighted by Gasteiger charge is -2.21. The predicted molar refractivity (Wildman–Crippen MR) is 102 cm³/mol. The topological polar surface area (TPSA) is 88.7 Å². The van der Waals surface area contributed by atoms with E-state index in [9.17, 15) is 14.0 Å². The van der Waals surface area contributed by atoms with Crippen LogP contribution < -0.4 is 20.7 Å². The number of benzene rings is 2. The fourth-order valence-corrected chi connectivity index (χ4v) is 2.98. The Labute approximate surface area is 162 Å². The summed E-state index contributed by atoms with van der Waals surface area (Å²) < 4.78 is 24.4. The Kier molecular flexibility index (Phi) is 6.44. The molecular formula is C20H22FN3O4. The molecule has 1 aliphatic heterocycles. The second-order valence-electron chi connectivity index (χ2n) is 6.30. The third kappa shape index (κ3) is 4.98. The molecule has 0 saturated heterocycles. The highest BCUT2D eigenvalue weighted by molar-refractivity contribution is 5.91. The molecule has 7 nitrogen and oxygen atoms in total. The van der Waals surface area contributed by atoms with Crippen molar-refractivity contribution in [1.82, 2.24) is 10.6 Å². The number of carbonyl (C=O) groups is 2. The number of halogens is 1. The molecule has 0 spiro atoms. The number of rotatable bonds is 6. The maximum Gasteiger partial charge on any atom is 0.319 e. The molecule has 1 heterocycles. The van der Waals surface area contributed by atoms with Gasteiger partial charge in [-0.1, -0.05) is 18.2 Å². The number of carbonyl (C=O) groups excluding carboxylic acids is 2. The third-order valence-electron chi connectivity index (χ3n) is 4.33. The molecule has 8 heteroatoms. The summed E-state index contributed by atoms with van der Waals surface area (Å²) in [5.74, 6) is 0.107. The van der Waals surface area contributed by atoms with E-state index in [1.54, 1.807) is 31.3 Å². The van der Waals surface area contributed by atoms with Crippen LogP contribution in [0.3, 0.4) is 0 Å². The molecule has 3 N–H and O–H groups in total. The van der Waals surface area contributed by atoms with Crippen molar-refractivity contribution in [1.29, 1.82) is 0 Å². The van der Waals surface area contributed by atoms with Crippen molar-refractivity contribution in [2.75, 3.05) is 25.7 Å². The number of fused-ring (bicyclic) bond motifs is 1. The van der Waals surface area contributed by atoms with Crippen molar-refractivity contribution in [3.8, 4) is 5.75 Å². The molecule has 0 atom stereocenters. The predicted octanol–water partition coefficient (Wildman–Crippen LogP) is 2.34. The molecule has 0 bridgehead atoms. The van der Waals surface area contributed by atoms with Crippen LogP contribution in [0.2, 0.25) is 0 Å². The van der Waals surface area contributed by atoms with Crippen LogP contribution in [-0.4, -0.2) is 32.3 Å². The van der Waals surface area contributed by atoms with Crippen LogP contribution in [0.4, 0.5) is 14.9 Å². The van der Waals surface area contributed by atoms with E-state index in [0.717, 1.165) is 0 Å². The van der Waals surface area contributed by atoms with Gasteiger partial charge in [-0.2, -0.15) is 0 Å². The number of anilines is 1. The molecular weight excluding hydrogens is 365 g/mol. The number of hydrogen-bond donors (Lipinski definition) is 3. The Morgan fingerprint density at radius 1 is 1.18 bits per heavy atom. The number of urea groups is 1. The van der Waals surface area contributed by atoms with Crippen molar-refractivity contribution in [2.45, 2.75) is 19.4 Å². The van der Waals surface area contributed by atoms with E-state index in [-0.39, 0.29) is 24.9 Å². The second kappa shape index (κ2) is 9.18. The first kappa shape index (κ1) is 19.6. The molecule has 0 unspecified atom stereocenters. The molecule has 3 amide bonds. The van der Waals surface area contributed by atoms with Gasteiger partial charge in [-0.05, 0) is 35.7 Å². The molecule has 0 saturated carbocycles. The van der Waals surface area contributed by atoms with Gasteiger partial charge in [0.15, 0.2) is 6.79 Å². The van der Waals surface area contributed by atoms with Crippen molar-refractivity contribution in [2.24, 2.45) is 0 Å². The maximum absolute atomic E-state index is 13.8. The minimum Gasteiger partial charge on any atom is -0.467 e. The first-order valence-corrected chi connectivity index (χ1v) is 8.92. The number of para-hydroxylation sites is 1. The summed E-state index contributed by atoms with van der Waals surface area (Å²) in [6.45, 7) is 0.724. The summed E-state index contributed by atoms with van der Waals surface area (Å²) in [5, 5.41) is 8.04. The maximum atomic E-state index is 13.8. The molecule has 2 aromatic rings. The van der Waals surface area contributed by atoms with Gasteiger partial charge in [0.05, 0.1) is 13.0 Å². The molecule has 2 aromatic carbocycles. The second-order valence-corrected chi connectivity index (χ2v) is 6.30. The van der Waals surface area contributed by atoms with Crippen LogP contribution in [0.15, 0.2) is 36.4 Å². The van der Waals surface area contributed by atoms with Crippen LogP contribution in [0.25, 0.3) is 0 Å². The zero-order chi connectivity index (χ0) is 19.9. The highest BCUT2D eigenvalue weighted by atomic mass is 19.1. The van der Waals surface area contributed by atoms with Gasteiger partial charge < -0.3 is 25.4 Å². The van der Waals surface area contributed by atoms with Gasteiger partial charge in [0.1, 0.15) is 11.6 Å². The zero-order valence-electron chi connectivity index (χ0n) is 15.5. The summed E-state index contributed by atoms with van der Waals surface area (Å²) in [4.78, 5) is 23.8. The number of hydrogen-bond acceptors (Lipinski definition) is 4. The highest BCUT2D eigenvalue weighted by Gasteiger charge is 2.17. The van der Waals surface area contributed by atoms with Crippen molar-refractivity contribution < 1.29 is 23.5 Å². The fraction of sp³-hybridized carbons (Fsp3) is 0.300.